The van der Waals surface area contributed by atoms with E-state index in [1.807, 2.05) is 42.5 Å². The van der Waals surface area contributed by atoms with Crippen molar-refractivity contribution in [1.29, 1.82) is 0 Å². The number of benzene rings is 2. The van der Waals surface area contributed by atoms with Crippen molar-refractivity contribution in [2.45, 2.75) is 25.7 Å². The minimum Gasteiger partial charge on any atom is -0.497 e. The molecule has 0 atom stereocenters. The zero-order chi connectivity index (χ0) is 20.2. The van der Waals surface area contributed by atoms with Crippen LogP contribution in [0.3, 0.4) is 0 Å². The van der Waals surface area contributed by atoms with Crippen LogP contribution in [0.4, 0.5) is 11.4 Å². The van der Waals surface area contributed by atoms with Gasteiger partial charge in [0.2, 0.25) is 5.91 Å². The van der Waals surface area contributed by atoms with E-state index in [2.05, 4.69) is 21.3 Å². The molecule has 1 saturated heterocycles. The van der Waals surface area contributed by atoms with E-state index in [0.29, 0.717) is 12.0 Å². The second-order valence-electron chi connectivity index (χ2n) is 7.37. The van der Waals surface area contributed by atoms with Crippen molar-refractivity contribution in [3.05, 3.63) is 64.4 Å². The molecule has 0 radical (unpaired) electrons. The summed E-state index contributed by atoms with van der Waals surface area (Å²) >= 11 is 0. The van der Waals surface area contributed by atoms with Crippen molar-refractivity contribution < 1.29 is 9.53 Å². The van der Waals surface area contributed by atoms with Gasteiger partial charge in [0, 0.05) is 47.4 Å². The fourth-order valence-corrected chi connectivity index (χ4v) is 3.77. The molecule has 0 bridgehead atoms. The van der Waals surface area contributed by atoms with Crippen molar-refractivity contribution in [1.82, 2.24) is 4.98 Å². The van der Waals surface area contributed by atoms with E-state index in [4.69, 9.17) is 4.74 Å². The standard InChI is InChI=1S/C23H25N3O3/c1-29-20-8-9-21-17(14-20)13-16(23(28)25-21)7-10-22(27)24-18-5-4-6-19(15-18)26-11-2-3-12-26/h4-6,8-9,13-15H,2-3,7,10-12H2,1H3,(H,24,27)(H,25,28). The van der Waals surface area contributed by atoms with Gasteiger partial charge in [-0.15, -0.1) is 0 Å². The number of methoxy groups -OCH3 is 1. The molecule has 1 aliphatic rings. The lowest BCUT2D eigenvalue weighted by atomic mass is 10.1. The number of carbonyl (C=O) groups excluding carboxylic acids is 1. The van der Waals surface area contributed by atoms with Gasteiger partial charge in [0.15, 0.2) is 0 Å². The van der Waals surface area contributed by atoms with E-state index in [1.165, 1.54) is 12.8 Å². The molecule has 4 rings (SSSR count). The number of anilines is 2. The predicted octanol–water partition coefficient (Wildman–Crippen LogP) is 3.71. The summed E-state index contributed by atoms with van der Waals surface area (Å²) in [5.74, 6) is 0.625. The Balaban J connectivity index is 1.42. The number of rotatable bonds is 6. The Morgan fingerprint density at radius 1 is 1.14 bits per heavy atom. The number of hydrogen-bond acceptors (Lipinski definition) is 4. The van der Waals surface area contributed by atoms with Gasteiger partial charge in [-0.2, -0.15) is 0 Å². The van der Waals surface area contributed by atoms with E-state index >= 15 is 0 Å². The zero-order valence-corrected chi connectivity index (χ0v) is 16.5. The highest BCUT2D eigenvalue weighted by Crippen LogP contribution is 2.23. The van der Waals surface area contributed by atoms with E-state index < -0.39 is 0 Å². The molecule has 3 aromatic rings. The summed E-state index contributed by atoms with van der Waals surface area (Å²) in [5, 5.41) is 3.84. The van der Waals surface area contributed by atoms with Crippen LogP contribution >= 0.6 is 0 Å². The van der Waals surface area contributed by atoms with Crippen molar-refractivity contribution in [2.24, 2.45) is 0 Å². The molecule has 29 heavy (non-hydrogen) atoms. The zero-order valence-electron chi connectivity index (χ0n) is 16.5. The first-order valence-corrected chi connectivity index (χ1v) is 9.97. The molecule has 0 saturated carbocycles. The van der Waals surface area contributed by atoms with Gasteiger partial charge in [0.25, 0.3) is 5.56 Å². The van der Waals surface area contributed by atoms with Crippen LogP contribution in [-0.4, -0.2) is 31.1 Å². The van der Waals surface area contributed by atoms with Crippen molar-refractivity contribution in [2.75, 3.05) is 30.4 Å². The van der Waals surface area contributed by atoms with Gasteiger partial charge in [0.05, 0.1) is 7.11 Å². The van der Waals surface area contributed by atoms with Crippen LogP contribution in [0.2, 0.25) is 0 Å². The molecular weight excluding hydrogens is 366 g/mol. The van der Waals surface area contributed by atoms with E-state index in [0.717, 1.165) is 41.1 Å². The monoisotopic (exact) mass is 391 g/mol. The molecule has 2 N–H and O–H groups in total. The van der Waals surface area contributed by atoms with Crippen LogP contribution in [0.1, 0.15) is 24.8 Å². The molecule has 1 fully saturated rings. The number of hydrogen-bond donors (Lipinski definition) is 2. The molecule has 6 heteroatoms. The summed E-state index contributed by atoms with van der Waals surface area (Å²) in [6.45, 7) is 2.12. The Hall–Kier alpha value is -3.28. The topological polar surface area (TPSA) is 74.4 Å². The molecule has 0 aliphatic carbocycles. The fraction of sp³-hybridized carbons (Fsp3) is 0.304. The fourth-order valence-electron chi connectivity index (χ4n) is 3.77. The number of amides is 1. The normalized spacial score (nSPS) is 13.6. The third-order valence-corrected chi connectivity index (χ3v) is 5.35. The maximum Gasteiger partial charge on any atom is 0.251 e. The van der Waals surface area contributed by atoms with Gasteiger partial charge in [-0.25, -0.2) is 0 Å². The molecule has 1 amide bonds. The summed E-state index contributed by atoms with van der Waals surface area (Å²) < 4.78 is 5.24. The number of pyridine rings is 1. The lowest BCUT2D eigenvalue weighted by Crippen LogP contribution is -2.19. The molecule has 1 aromatic heterocycles. The Kier molecular flexibility index (Phi) is 5.51. The molecule has 0 unspecified atom stereocenters. The van der Waals surface area contributed by atoms with Crippen LogP contribution in [0, 0.1) is 0 Å². The highest BCUT2D eigenvalue weighted by atomic mass is 16.5. The average molecular weight is 391 g/mol. The molecule has 0 spiro atoms. The number of aromatic amines is 1. The van der Waals surface area contributed by atoms with Gasteiger partial charge >= 0.3 is 0 Å². The first kappa shape index (κ1) is 19.1. The number of aryl methyl sites for hydroxylation is 1. The summed E-state index contributed by atoms with van der Waals surface area (Å²) in [6.07, 6.45) is 3.04. The maximum atomic E-state index is 12.4. The summed E-state index contributed by atoms with van der Waals surface area (Å²) in [5.41, 5.74) is 3.11. The number of aromatic nitrogens is 1. The SMILES string of the molecule is COc1ccc2[nH]c(=O)c(CCC(=O)Nc3cccc(N4CCCC4)c3)cc2c1. The first-order valence-electron chi connectivity index (χ1n) is 9.97. The van der Waals surface area contributed by atoms with Crippen LogP contribution in [0.25, 0.3) is 10.9 Å². The molecule has 2 aromatic carbocycles. The smallest absolute Gasteiger partial charge is 0.251 e. The molecule has 6 nitrogen and oxygen atoms in total. The van der Waals surface area contributed by atoms with Crippen LogP contribution in [0.15, 0.2) is 53.3 Å². The Labute approximate surface area is 169 Å². The highest BCUT2D eigenvalue weighted by Gasteiger charge is 2.13. The van der Waals surface area contributed by atoms with Crippen LogP contribution in [0.5, 0.6) is 5.75 Å². The number of nitrogens with one attached hydrogen (secondary N) is 2. The number of carbonyl (C=O) groups is 1. The summed E-state index contributed by atoms with van der Waals surface area (Å²) in [6, 6.07) is 15.3. The largest absolute Gasteiger partial charge is 0.497 e. The van der Waals surface area contributed by atoms with Crippen LogP contribution < -0.4 is 20.5 Å². The molecule has 150 valence electrons. The highest BCUT2D eigenvalue weighted by molar-refractivity contribution is 5.91. The quantitative estimate of drug-likeness (QED) is 0.672. The Morgan fingerprint density at radius 2 is 1.97 bits per heavy atom. The second-order valence-corrected chi connectivity index (χ2v) is 7.37. The van der Waals surface area contributed by atoms with Gasteiger partial charge in [-0.3, -0.25) is 9.59 Å². The second kappa shape index (κ2) is 8.39. The minimum absolute atomic E-state index is 0.103. The van der Waals surface area contributed by atoms with Gasteiger partial charge in [-0.05, 0) is 61.7 Å². The number of ether oxygens (including phenoxy) is 1. The van der Waals surface area contributed by atoms with Gasteiger partial charge < -0.3 is 19.9 Å². The number of fused-ring (bicyclic) bond motifs is 1. The molecular formula is C23H25N3O3. The van der Waals surface area contributed by atoms with E-state index in [-0.39, 0.29) is 17.9 Å². The van der Waals surface area contributed by atoms with E-state index in [9.17, 15) is 9.59 Å². The first-order chi connectivity index (χ1) is 14.1. The molecule has 1 aliphatic heterocycles. The number of H-pyrrole nitrogens is 1. The predicted molar refractivity (Wildman–Crippen MR) is 116 cm³/mol. The minimum atomic E-state index is -0.161. The molecule has 2 heterocycles. The van der Waals surface area contributed by atoms with Crippen molar-refractivity contribution in [3.63, 3.8) is 0 Å². The van der Waals surface area contributed by atoms with E-state index in [1.54, 1.807) is 7.11 Å². The van der Waals surface area contributed by atoms with Gasteiger partial charge in [0.1, 0.15) is 5.75 Å². The third kappa shape index (κ3) is 4.42. The number of nitrogens with zero attached hydrogens (tertiary/aromatic N) is 1. The lowest BCUT2D eigenvalue weighted by Gasteiger charge is -2.18. The maximum absolute atomic E-state index is 12.4. The summed E-state index contributed by atoms with van der Waals surface area (Å²) in [4.78, 5) is 30.0. The Bertz CT molecular complexity index is 1080. The van der Waals surface area contributed by atoms with Crippen molar-refractivity contribution in [3.8, 4) is 5.75 Å². The van der Waals surface area contributed by atoms with Crippen LogP contribution in [-0.2, 0) is 11.2 Å². The Morgan fingerprint density at radius 3 is 2.76 bits per heavy atom. The van der Waals surface area contributed by atoms with Gasteiger partial charge in [-0.1, -0.05) is 6.07 Å². The summed E-state index contributed by atoms with van der Waals surface area (Å²) in [7, 11) is 1.61. The van der Waals surface area contributed by atoms with Crippen molar-refractivity contribution >= 4 is 28.2 Å². The average Bonchev–Trinajstić information content (AvgIpc) is 3.27. The lowest BCUT2D eigenvalue weighted by molar-refractivity contribution is -0.116. The third-order valence-electron chi connectivity index (χ3n) is 5.35.